The second-order valence-corrected chi connectivity index (χ2v) is 4.84. The minimum absolute atomic E-state index is 0.0403. The molecule has 20 heavy (non-hydrogen) atoms. The van der Waals surface area contributed by atoms with Gasteiger partial charge in [0, 0.05) is 12.8 Å². The van der Waals surface area contributed by atoms with Gasteiger partial charge >= 0.3 is 5.97 Å². The molecule has 0 bridgehead atoms. The topological polar surface area (TPSA) is 63.6 Å². The zero-order chi connectivity index (χ0) is 14.5. The molecule has 0 aliphatic heterocycles. The molecular formula is C15H13ClO4. The fourth-order valence-electron chi connectivity index (χ4n) is 1.90. The first-order valence-corrected chi connectivity index (χ1v) is 6.45. The Morgan fingerprint density at radius 2 is 1.95 bits per heavy atom. The number of ether oxygens (including phenoxy) is 1. The van der Waals surface area contributed by atoms with Gasteiger partial charge in [0.2, 0.25) is 0 Å². The van der Waals surface area contributed by atoms with Crippen LogP contribution in [0.1, 0.15) is 12.8 Å². The molecule has 0 fully saturated rings. The van der Waals surface area contributed by atoms with Gasteiger partial charge in [0.25, 0.3) is 0 Å². The molecule has 5 heteroatoms. The number of carboxylic acids is 1. The average molecular weight is 293 g/mol. The summed E-state index contributed by atoms with van der Waals surface area (Å²) in [6.45, 7) is -0.0403. The number of hydrogen-bond acceptors (Lipinski definition) is 3. The van der Waals surface area contributed by atoms with Gasteiger partial charge in [-0.05, 0) is 18.2 Å². The number of hydrogen-bond donors (Lipinski definition) is 1. The monoisotopic (exact) mass is 292 g/mol. The van der Waals surface area contributed by atoms with E-state index in [1.807, 2.05) is 18.2 Å². The predicted octanol–water partition coefficient (Wildman–Crippen LogP) is 2.93. The second kappa shape index (κ2) is 6.39. The number of allylic oxidation sites excluding steroid dienone is 3. The van der Waals surface area contributed by atoms with Gasteiger partial charge in [-0.1, -0.05) is 35.4 Å². The molecule has 0 unspecified atom stereocenters. The Labute approximate surface area is 121 Å². The predicted molar refractivity (Wildman–Crippen MR) is 74.8 cm³/mol. The van der Waals surface area contributed by atoms with Crippen LogP contribution in [0.5, 0.6) is 5.75 Å². The Hall–Kier alpha value is -2.07. The van der Waals surface area contributed by atoms with Crippen LogP contribution < -0.4 is 4.74 Å². The Bertz CT molecular complexity index is 587. The van der Waals surface area contributed by atoms with Gasteiger partial charge in [0.1, 0.15) is 12.4 Å². The number of benzene rings is 1. The van der Waals surface area contributed by atoms with Gasteiger partial charge in [-0.3, -0.25) is 4.79 Å². The molecule has 0 radical (unpaired) electrons. The van der Waals surface area contributed by atoms with Crippen LogP contribution >= 0.6 is 11.6 Å². The highest BCUT2D eigenvalue weighted by atomic mass is 35.5. The standard InChI is InChI=1S/C15H13ClO4/c16-14-8-10(7-13(14)15(18)19)6-11(17)9-20-12-4-2-1-3-5-12/h1-5,8H,6-7,9H2,(H,18,19). The smallest absolute Gasteiger partial charge is 0.333 e. The molecule has 0 saturated heterocycles. The molecule has 104 valence electrons. The maximum absolute atomic E-state index is 11.8. The minimum atomic E-state index is -1.05. The Morgan fingerprint density at radius 3 is 2.55 bits per heavy atom. The first-order valence-electron chi connectivity index (χ1n) is 6.07. The molecule has 1 N–H and O–H groups in total. The summed E-state index contributed by atoms with van der Waals surface area (Å²) >= 11 is 5.80. The van der Waals surface area contributed by atoms with Gasteiger partial charge in [0.15, 0.2) is 5.78 Å². The first-order chi connectivity index (χ1) is 9.56. The SMILES string of the molecule is O=C(COc1ccccc1)CC1=CC(Cl)=C(C(=O)O)C1. The van der Waals surface area contributed by atoms with Crippen molar-refractivity contribution in [2.45, 2.75) is 12.8 Å². The zero-order valence-corrected chi connectivity index (χ0v) is 11.4. The van der Waals surface area contributed by atoms with E-state index < -0.39 is 5.97 Å². The van der Waals surface area contributed by atoms with Crippen molar-refractivity contribution < 1.29 is 19.4 Å². The largest absolute Gasteiger partial charge is 0.486 e. The Balaban J connectivity index is 1.82. The van der Waals surface area contributed by atoms with E-state index >= 15 is 0 Å². The summed E-state index contributed by atoms with van der Waals surface area (Å²) in [7, 11) is 0. The Morgan fingerprint density at radius 1 is 1.25 bits per heavy atom. The second-order valence-electron chi connectivity index (χ2n) is 4.43. The zero-order valence-electron chi connectivity index (χ0n) is 10.6. The van der Waals surface area contributed by atoms with Crippen molar-refractivity contribution in [3.63, 3.8) is 0 Å². The number of ketones is 1. The summed E-state index contributed by atoms with van der Waals surface area (Å²) in [5.41, 5.74) is 0.840. The number of rotatable bonds is 6. The summed E-state index contributed by atoms with van der Waals surface area (Å²) in [5, 5.41) is 9.10. The molecule has 2 rings (SSSR count). The van der Waals surface area contributed by atoms with E-state index in [9.17, 15) is 9.59 Å². The van der Waals surface area contributed by atoms with Gasteiger partial charge < -0.3 is 9.84 Å². The van der Waals surface area contributed by atoms with Gasteiger partial charge in [0.05, 0.1) is 10.6 Å². The van der Waals surface area contributed by atoms with Crippen LogP contribution in [0.3, 0.4) is 0 Å². The maximum atomic E-state index is 11.8. The molecule has 0 amide bonds. The maximum Gasteiger partial charge on any atom is 0.333 e. The average Bonchev–Trinajstić information content (AvgIpc) is 2.78. The van der Waals surface area contributed by atoms with Crippen LogP contribution in [0, 0.1) is 0 Å². The third-order valence-electron chi connectivity index (χ3n) is 2.85. The fraction of sp³-hybridized carbons (Fsp3) is 0.200. The first kappa shape index (κ1) is 14.3. The van der Waals surface area contributed by atoms with E-state index in [1.54, 1.807) is 18.2 Å². The van der Waals surface area contributed by atoms with Crippen LogP contribution in [0.15, 0.2) is 52.6 Å². The minimum Gasteiger partial charge on any atom is -0.486 e. The lowest BCUT2D eigenvalue weighted by Gasteiger charge is -2.05. The molecule has 1 aromatic carbocycles. The highest BCUT2D eigenvalue weighted by Gasteiger charge is 2.21. The molecule has 4 nitrogen and oxygen atoms in total. The van der Waals surface area contributed by atoms with Crippen LogP contribution in [0.25, 0.3) is 0 Å². The number of carbonyl (C=O) groups excluding carboxylic acids is 1. The van der Waals surface area contributed by atoms with E-state index in [1.165, 1.54) is 0 Å². The van der Waals surface area contributed by atoms with E-state index in [0.717, 1.165) is 0 Å². The quantitative estimate of drug-likeness (QED) is 0.875. The number of para-hydroxylation sites is 1. The summed E-state index contributed by atoms with van der Waals surface area (Å²) in [6, 6.07) is 9.04. The molecule has 0 heterocycles. The summed E-state index contributed by atoms with van der Waals surface area (Å²) in [4.78, 5) is 22.6. The molecule has 1 aliphatic rings. The third-order valence-corrected chi connectivity index (χ3v) is 3.19. The highest BCUT2D eigenvalue weighted by Crippen LogP contribution is 2.30. The molecule has 0 atom stereocenters. The van der Waals surface area contributed by atoms with Crippen molar-refractivity contribution in [2.75, 3.05) is 6.61 Å². The van der Waals surface area contributed by atoms with Crippen molar-refractivity contribution in [3.8, 4) is 5.75 Å². The van der Waals surface area contributed by atoms with Crippen LogP contribution in [-0.4, -0.2) is 23.5 Å². The van der Waals surface area contributed by atoms with Crippen molar-refractivity contribution >= 4 is 23.4 Å². The lowest BCUT2D eigenvalue weighted by Crippen LogP contribution is -2.12. The number of aliphatic carboxylic acids is 1. The molecule has 1 aromatic rings. The third kappa shape index (κ3) is 3.71. The number of Topliss-reactive ketones (excluding diaryl/α,β-unsaturated/α-hetero) is 1. The van der Waals surface area contributed by atoms with Crippen LogP contribution in [0.4, 0.5) is 0 Å². The van der Waals surface area contributed by atoms with E-state index in [-0.39, 0.29) is 35.8 Å². The van der Waals surface area contributed by atoms with Crippen LogP contribution in [0.2, 0.25) is 0 Å². The molecule has 0 aromatic heterocycles. The molecule has 1 aliphatic carbocycles. The van der Waals surface area contributed by atoms with Gasteiger partial charge in [-0.15, -0.1) is 0 Å². The number of carboxylic acid groups (broad SMARTS) is 1. The lowest BCUT2D eigenvalue weighted by molar-refractivity contribution is -0.132. The van der Waals surface area contributed by atoms with Gasteiger partial charge in [-0.2, -0.15) is 0 Å². The molecular weight excluding hydrogens is 280 g/mol. The summed E-state index contributed by atoms with van der Waals surface area (Å²) in [6.07, 6.45) is 1.91. The van der Waals surface area contributed by atoms with Crippen molar-refractivity contribution in [2.24, 2.45) is 0 Å². The van der Waals surface area contributed by atoms with E-state index in [0.29, 0.717) is 11.3 Å². The van der Waals surface area contributed by atoms with Crippen molar-refractivity contribution in [1.29, 1.82) is 0 Å². The number of halogens is 1. The highest BCUT2D eigenvalue weighted by molar-refractivity contribution is 6.33. The Kier molecular flexibility index (Phi) is 4.58. The van der Waals surface area contributed by atoms with E-state index in [2.05, 4.69) is 0 Å². The van der Waals surface area contributed by atoms with Gasteiger partial charge in [-0.25, -0.2) is 4.79 Å². The van der Waals surface area contributed by atoms with Crippen molar-refractivity contribution in [1.82, 2.24) is 0 Å². The van der Waals surface area contributed by atoms with E-state index in [4.69, 9.17) is 21.4 Å². The number of carbonyl (C=O) groups is 2. The molecule has 0 saturated carbocycles. The lowest BCUT2D eigenvalue weighted by atomic mass is 10.1. The normalized spacial score (nSPS) is 14.2. The summed E-state index contributed by atoms with van der Waals surface area (Å²) < 4.78 is 5.34. The summed E-state index contributed by atoms with van der Waals surface area (Å²) in [5.74, 6) is -0.533. The molecule has 0 spiro atoms. The van der Waals surface area contributed by atoms with Crippen molar-refractivity contribution in [3.05, 3.63) is 52.6 Å². The fourth-order valence-corrected chi connectivity index (χ4v) is 2.21. The van der Waals surface area contributed by atoms with Crippen LogP contribution in [-0.2, 0) is 9.59 Å².